The summed E-state index contributed by atoms with van der Waals surface area (Å²) in [6.07, 6.45) is 0. The van der Waals surface area contributed by atoms with Gasteiger partial charge in [0.05, 0.1) is 11.3 Å². The smallest absolute Gasteiger partial charge is 0.337 e. The van der Waals surface area contributed by atoms with Crippen molar-refractivity contribution in [2.24, 2.45) is 0 Å². The molecule has 2 N–H and O–H groups in total. The van der Waals surface area contributed by atoms with Gasteiger partial charge in [-0.15, -0.1) is 0 Å². The van der Waals surface area contributed by atoms with Crippen molar-refractivity contribution >= 4 is 49.4 Å². The predicted molar refractivity (Wildman–Crippen MR) is 87.9 cm³/mol. The molecule has 4 nitrogen and oxygen atoms in total. The zero-order chi connectivity index (χ0) is 15.6. The third-order valence-corrected chi connectivity index (χ3v) is 4.08. The lowest BCUT2D eigenvalue weighted by molar-refractivity contribution is 0.0698. The molecule has 0 spiro atoms. The number of carbonyl (C=O) groups is 2. The van der Waals surface area contributed by atoms with Crippen molar-refractivity contribution in [3.8, 4) is 0 Å². The van der Waals surface area contributed by atoms with Crippen LogP contribution >= 0.6 is 31.9 Å². The number of aryl methyl sites for hydroxylation is 1. The lowest BCUT2D eigenvalue weighted by atomic mass is 10.1. The number of nitrogens with one attached hydrogen (secondary N) is 1. The van der Waals surface area contributed by atoms with Crippen LogP contribution in [0.4, 0.5) is 5.69 Å². The average Bonchev–Trinajstić information content (AvgIpc) is 2.43. The molecule has 0 radical (unpaired) electrons. The number of aromatic carboxylic acids is 1. The summed E-state index contributed by atoms with van der Waals surface area (Å²) in [6, 6.07) is 10.1. The molecular formula is C15H11Br2NO3. The Hall–Kier alpha value is -1.66. The van der Waals surface area contributed by atoms with Gasteiger partial charge >= 0.3 is 5.97 Å². The first-order valence-corrected chi connectivity index (χ1v) is 7.58. The van der Waals surface area contributed by atoms with E-state index in [1.807, 2.05) is 19.1 Å². The van der Waals surface area contributed by atoms with Gasteiger partial charge in [-0.3, -0.25) is 4.79 Å². The number of carbonyl (C=O) groups excluding carboxylic acids is 1. The molecule has 108 valence electrons. The quantitative estimate of drug-likeness (QED) is 0.781. The van der Waals surface area contributed by atoms with Gasteiger partial charge in [-0.2, -0.15) is 0 Å². The van der Waals surface area contributed by atoms with Crippen molar-refractivity contribution in [1.29, 1.82) is 0 Å². The summed E-state index contributed by atoms with van der Waals surface area (Å²) in [5, 5.41) is 11.8. The molecule has 0 aromatic heterocycles. The summed E-state index contributed by atoms with van der Waals surface area (Å²) < 4.78 is 1.30. The zero-order valence-electron chi connectivity index (χ0n) is 11.0. The zero-order valence-corrected chi connectivity index (χ0v) is 14.2. The van der Waals surface area contributed by atoms with Crippen molar-refractivity contribution < 1.29 is 14.7 Å². The summed E-state index contributed by atoms with van der Waals surface area (Å²) in [4.78, 5) is 23.6. The van der Waals surface area contributed by atoms with Crippen molar-refractivity contribution in [2.75, 3.05) is 5.32 Å². The van der Waals surface area contributed by atoms with Crippen molar-refractivity contribution in [2.45, 2.75) is 6.92 Å². The molecule has 0 saturated carbocycles. The molecule has 0 fully saturated rings. The van der Waals surface area contributed by atoms with Gasteiger partial charge in [-0.25, -0.2) is 4.79 Å². The first kappa shape index (κ1) is 15.7. The monoisotopic (exact) mass is 411 g/mol. The van der Waals surface area contributed by atoms with E-state index in [1.54, 1.807) is 18.2 Å². The van der Waals surface area contributed by atoms with Gasteiger partial charge in [0.25, 0.3) is 5.91 Å². The molecule has 0 bridgehead atoms. The topological polar surface area (TPSA) is 66.4 Å². The highest BCUT2D eigenvalue weighted by Gasteiger charge is 2.17. The summed E-state index contributed by atoms with van der Waals surface area (Å²) in [7, 11) is 0. The van der Waals surface area contributed by atoms with Gasteiger partial charge < -0.3 is 10.4 Å². The Morgan fingerprint density at radius 3 is 2.48 bits per heavy atom. The van der Waals surface area contributed by atoms with Crippen LogP contribution in [0.5, 0.6) is 0 Å². The van der Waals surface area contributed by atoms with E-state index in [0.717, 1.165) is 10.0 Å². The van der Waals surface area contributed by atoms with Crippen molar-refractivity contribution in [3.63, 3.8) is 0 Å². The average molecular weight is 413 g/mol. The van der Waals surface area contributed by atoms with E-state index in [9.17, 15) is 14.7 Å². The van der Waals surface area contributed by atoms with E-state index in [-0.39, 0.29) is 17.2 Å². The minimum atomic E-state index is -1.10. The molecule has 0 saturated heterocycles. The van der Waals surface area contributed by atoms with Crippen molar-refractivity contribution in [3.05, 3.63) is 62.0 Å². The third kappa shape index (κ3) is 3.51. The van der Waals surface area contributed by atoms with Gasteiger partial charge in [-0.05, 0) is 52.7 Å². The number of hydrogen-bond acceptors (Lipinski definition) is 2. The maximum atomic E-state index is 12.4. The van der Waals surface area contributed by atoms with Crippen LogP contribution in [0, 0.1) is 6.92 Å². The van der Waals surface area contributed by atoms with E-state index < -0.39 is 5.97 Å². The Labute approximate surface area is 138 Å². The van der Waals surface area contributed by atoms with E-state index in [2.05, 4.69) is 37.2 Å². The molecule has 2 rings (SSSR count). The second-order valence-electron chi connectivity index (χ2n) is 4.38. The van der Waals surface area contributed by atoms with Gasteiger partial charge in [0.15, 0.2) is 0 Å². The minimum Gasteiger partial charge on any atom is -0.478 e. The standard InChI is InChI=1S/C15H11Br2NO3/c1-8-5-6-9(16)7-11(8)14(19)18-13-10(15(20)21)3-2-4-12(13)17/h2-7H,1H3,(H,18,19)(H,20,21). The fraction of sp³-hybridized carbons (Fsp3) is 0.0667. The van der Waals surface area contributed by atoms with Crippen LogP contribution in [0.1, 0.15) is 26.3 Å². The number of benzene rings is 2. The maximum Gasteiger partial charge on any atom is 0.337 e. The molecular weight excluding hydrogens is 402 g/mol. The van der Waals surface area contributed by atoms with E-state index in [1.165, 1.54) is 6.07 Å². The minimum absolute atomic E-state index is 0.0328. The van der Waals surface area contributed by atoms with Gasteiger partial charge in [0, 0.05) is 14.5 Å². The van der Waals surface area contributed by atoms with E-state index in [4.69, 9.17) is 0 Å². The highest BCUT2D eigenvalue weighted by atomic mass is 79.9. The number of carboxylic acid groups (broad SMARTS) is 1. The summed E-state index contributed by atoms with van der Waals surface area (Å²) in [5.41, 5.74) is 1.57. The number of rotatable bonds is 3. The molecule has 0 atom stereocenters. The normalized spacial score (nSPS) is 10.2. The lowest BCUT2D eigenvalue weighted by Crippen LogP contribution is -2.16. The van der Waals surface area contributed by atoms with Crippen LogP contribution in [0.25, 0.3) is 0 Å². The predicted octanol–water partition coefficient (Wildman–Crippen LogP) is 4.47. The molecule has 2 aromatic rings. The number of carboxylic acids is 1. The Balaban J connectivity index is 2.41. The third-order valence-electron chi connectivity index (χ3n) is 2.93. The fourth-order valence-corrected chi connectivity index (χ4v) is 2.68. The molecule has 0 aliphatic heterocycles. The van der Waals surface area contributed by atoms with Gasteiger partial charge in [0.2, 0.25) is 0 Å². The van der Waals surface area contributed by atoms with Gasteiger partial charge in [0.1, 0.15) is 0 Å². The highest BCUT2D eigenvalue weighted by molar-refractivity contribution is 9.10. The Bertz CT molecular complexity index is 729. The molecule has 0 aliphatic carbocycles. The molecule has 0 unspecified atom stereocenters. The lowest BCUT2D eigenvalue weighted by Gasteiger charge is -2.12. The molecule has 2 aromatic carbocycles. The number of anilines is 1. The number of para-hydroxylation sites is 1. The molecule has 0 aliphatic rings. The van der Waals surface area contributed by atoms with Crippen LogP contribution < -0.4 is 5.32 Å². The summed E-state index contributed by atoms with van der Waals surface area (Å²) in [5.74, 6) is -1.46. The highest BCUT2D eigenvalue weighted by Crippen LogP contribution is 2.27. The van der Waals surface area contributed by atoms with Crippen LogP contribution in [0.15, 0.2) is 45.3 Å². The SMILES string of the molecule is Cc1ccc(Br)cc1C(=O)Nc1c(Br)cccc1C(=O)O. The Morgan fingerprint density at radius 1 is 1.10 bits per heavy atom. The summed E-state index contributed by atoms with van der Waals surface area (Å²) >= 11 is 6.58. The molecule has 1 amide bonds. The Morgan fingerprint density at radius 2 is 1.81 bits per heavy atom. The van der Waals surface area contributed by atoms with Gasteiger partial charge in [-0.1, -0.05) is 28.1 Å². The number of hydrogen-bond donors (Lipinski definition) is 2. The first-order chi connectivity index (χ1) is 9.90. The second kappa shape index (κ2) is 6.41. The van der Waals surface area contributed by atoms with E-state index in [0.29, 0.717) is 10.0 Å². The number of halogens is 2. The van der Waals surface area contributed by atoms with Crippen LogP contribution in [-0.4, -0.2) is 17.0 Å². The first-order valence-electron chi connectivity index (χ1n) is 5.99. The molecule has 0 heterocycles. The van der Waals surface area contributed by atoms with Crippen molar-refractivity contribution in [1.82, 2.24) is 0 Å². The largest absolute Gasteiger partial charge is 0.478 e. The number of amides is 1. The van der Waals surface area contributed by atoms with E-state index >= 15 is 0 Å². The summed E-state index contributed by atoms with van der Waals surface area (Å²) in [6.45, 7) is 1.82. The van der Waals surface area contributed by atoms with Crippen LogP contribution in [0.3, 0.4) is 0 Å². The second-order valence-corrected chi connectivity index (χ2v) is 6.15. The molecule has 21 heavy (non-hydrogen) atoms. The van der Waals surface area contributed by atoms with Crippen LogP contribution in [0.2, 0.25) is 0 Å². The molecule has 6 heteroatoms. The maximum absolute atomic E-state index is 12.4. The fourth-order valence-electron chi connectivity index (χ4n) is 1.85. The van der Waals surface area contributed by atoms with Crippen LogP contribution in [-0.2, 0) is 0 Å². The Kier molecular flexibility index (Phi) is 4.80.